The van der Waals surface area contributed by atoms with Crippen LogP contribution >= 0.6 is 0 Å². The molecule has 3 unspecified atom stereocenters. The standard InChI is InChI=1S/C16H31N3O2/c1-11(2)15(19-9-12(3)21-13(4)10-19)16(20)18-14-6-5-7-17-8-14/h11-15,17H,5-10H2,1-4H3,(H,18,20)/t12?,13?,14-,15?/m0/s1. The minimum Gasteiger partial charge on any atom is -0.373 e. The first-order chi connectivity index (χ1) is 9.97. The van der Waals surface area contributed by atoms with E-state index in [4.69, 9.17) is 4.74 Å². The van der Waals surface area contributed by atoms with Crippen LogP contribution in [0.5, 0.6) is 0 Å². The predicted octanol–water partition coefficient (Wildman–Crippen LogP) is 0.988. The first-order valence-corrected chi connectivity index (χ1v) is 8.38. The lowest BCUT2D eigenvalue weighted by molar-refractivity contribution is -0.136. The highest BCUT2D eigenvalue weighted by Crippen LogP contribution is 2.19. The molecule has 2 fully saturated rings. The third-order valence-corrected chi connectivity index (χ3v) is 4.38. The molecule has 2 saturated heterocycles. The fourth-order valence-corrected chi connectivity index (χ4v) is 3.60. The van der Waals surface area contributed by atoms with Crippen molar-refractivity contribution < 1.29 is 9.53 Å². The number of carbonyl (C=O) groups is 1. The van der Waals surface area contributed by atoms with E-state index in [-0.39, 0.29) is 30.2 Å². The van der Waals surface area contributed by atoms with Crippen LogP contribution < -0.4 is 10.6 Å². The Hall–Kier alpha value is -0.650. The molecule has 2 aliphatic rings. The fraction of sp³-hybridized carbons (Fsp3) is 0.938. The molecule has 0 aromatic heterocycles. The molecule has 5 heteroatoms. The molecule has 21 heavy (non-hydrogen) atoms. The molecule has 0 aliphatic carbocycles. The number of rotatable bonds is 4. The molecule has 2 rings (SSSR count). The molecule has 0 spiro atoms. The predicted molar refractivity (Wildman–Crippen MR) is 84.2 cm³/mol. The summed E-state index contributed by atoms with van der Waals surface area (Å²) in [5.74, 6) is 0.485. The van der Waals surface area contributed by atoms with Crippen LogP contribution in [0.1, 0.15) is 40.5 Å². The summed E-state index contributed by atoms with van der Waals surface area (Å²) in [6.07, 6.45) is 2.61. The van der Waals surface area contributed by atoms with Gasteiger partial charge in [0.2, 0.25) is 5.91 Å². The first kappa shape index (κ1) is 16.7. The Bertz CT molecular complexity index is 332. The molecule has 0 aromatic rings. The van der Waals surface area contributed by atoms with Crippen LogP contribution in [0.4, 0.5) is 0 Å². The highest BCUT2D eigenvalue weighted by atomic mass is 16.5. The molecule has 0 bridgehead atoms. The van der Waals surface area contributed by atoms with Gasteiger partial charge in [-0.25, -0.2) is 0 Å². The largest absolute Gasteiger partial charge is 0.373 e. The molecule has 2 N–H and O–H groups in total. The summed E-state index contributed by atoms with van der Waals surface area (Å²) in [5.41, 5.74) is 0. The van der Waals surface area contributed by atoms with Crippen LogP contribution in [-0.2, 0) is 9.53 Å². The summed E-state index contributed by atoms with van der Waals surface area (Å²) in [6.45, 7) is 12.1. The van der Waals surface area contributed by atoms with Crippen LogP contribution in [0, 0.1) is 5.92 Å². The average Bonchev–Trinajstić information content (AvgIpc) is 2.38. The molecule has 1 amide bonds. The Balaban J connectivity index is 1.98. The number of carbonyl (C=O) groups excluding carboxylic acids is 1. The smallest absolute Gasteiger partial charge is 0.237 e. The normalized spacial score (nSPS) is 32.9. The lowest BCUT2D eigenvalue weighted by Crippen LogP contribution is -2.59. The van der Waals surface area contributed by atoms with Gasteiger partial charge in [0, 0.05) is 25.7 Å². The highest BCUT2D eigenvalue weighted by Gasteiger charge is 2.34. The number of amides is 1. The summed E-state index contributed by atoms with van der Waals surface area (Å²) in [7, 11) is 0. The van der Waals surface area contributed by atoms with Crippen LogP contribution in [-0.4, -0.2) is 61.3 Å². The van der Waals surface area contributed by atoms with E-state index in [9.17, 15) is 4.79 Å². The third kappa shape index (κ3) is 4.66. The Kier molecular flexibility index (Phi) is 6.02. The summed E-state index contributed by atoms with van der Waals surface area (Å²) in [5, 5.41) is 6.60. The Labute approximate surface area is 128 Å². The Morgan fingerprint density at radius 2 is 1.95 bits per heavy atom. The first-order valence-electron chi connectivity index (χ1n) is 8.38. The molecule has 122 valence electrons. The van der Waals surface area contributed by atoms with Crippen molar-refractivity contribution >= 4 is 5.91 Å². The quantitative estimate of drug-likeness (QED) is 0.812. The van der Waals surface area contributed by atoms with E-state index >= 15 is 0 Å². The molecule has 2 aliphatic heterocycles. The van der Waals surface area contributed by atoms with Gasteiger partial charge in [0.25, 0.3) is 0 Å². The van der Waals surface area contributed by atoms with Gasteiger partial charge in [-0.05, 0) is 39.2 Å². The molecule has 2 heterocycles. The van der Waals surface area contributed by atoms with Crippen molar-refractivity contribution in [2.24, 2.45) is 5.92 Å². The van der Waals surface area contributed by atoms with E-state index < -0.39 is 0 Å². The fourth-order valence-electron chi connectivity index (χ4n) is 3.60. The highest BCUT2D eigenvalue weighted by molar-refractivity contribution is 5.82. The van der Waals surface area contributed by atoms with E-state index in [1.54, 1.807) is 0 Å². The maximum Gasteiger partial charge on any atom is 0.237 e. The number of piperidine rings is 1. The van der Waals surface area contributed by atoms with Gasteiger partial charge in [-0.2, -0.15) is 0 Å². The van der Waals surface area contributed by atoms with Gasteiger partial charge in [0.15, 0.2) is 0 Å². The second-order valence-electron chi connectivity index (χ2n) is 6.95. The maximum atomic E-state index is 12.7. The van der Waals surface area contributed by atoms with E-state index in [1.807, 2.05) is 0 Å². The average molecular weight is 297 g/mol. The molecular weight excluding hydrogens is 266 g/mol. The number of morpholine rings is 1. The lowest BCUT2D eigenvalue weighted by atomic mass is 9.98. The van der Waals surface area contributed by atoms with Crippen molar-refractivity contribution in [1.82, 2.24) is 15.5 Å². The van der Waals surface area contributed by atoms with E-state index in [0.29, 0.717) is 5.92 Å². The molecular formula is C16H31N3O2. The number of nitrogens with one attached hydrogen (secondary N) is 2. The number of hydrogen-bond donors (Lipinski definition) is 2. The molecule has 0 aromatic carbocycles. The zero-order valence-corrected chi connectivity index (χ0v) is 13.9. The van der Waals surface area contributed by atoms with Crippen molar-refractivity contribution in [2.45, 2.75) is 64.8 Å². The van der Waals surface area contributed by atoms with Gasteiger partial charge in [-0.1, -0.05) is 13.8 Å². The molecule has 4 atom stereocenters. The summed E-state index contributed by atoms with van der Waals surface area (Å²) in [4.78, 5) is 15.0. The van der Waals surface area contributed by atoms with Gasteiger partial charge in [-0.15, -0.1) is 0 Å². The van der Waals surface area contributed by atoms with Crippen molar-refractivity contribution in [3.8, 4) is 0 Å². The molecule has 0 radical (unpaired) electrons. The minimum absolute atomic E-state index is 0.0549. The minimum atomic E-state index is -0.0549. The lowest BCUT2D eigenvalue weighted by Gasteiger charge is -2.41. The van der Waals surface area contributed by atoms with E-state index in [1.165, 1.54) is 0 Å². The van der Waals surface area contributed by atoms with Crippen LogP contribution in [0.25, 0.3) is 0 Å². The second kappa shape index (κ2) is 7.56. The van der Waals surface area contributed by atoms with Crippen molar-refractivity contribution in [2.75, 3.05) is 26.2 Å². The second-order valence-corrected chi connectivity index (χ2v) is 6.95. The zero-order chi connectivity index (χ0) is 15.4. The van der Waals surface area contributed by atoms with E-state index in [0.717, 1.165) is 39.0 Å². The van der Waals surface area contributed by atoms with Crippen LogP contribution in [0.3, 0.4) is 0 Å². The SMILES string of the molecule is CC1CN(C(C(=O)N[C@H]2CCCNC2)C(C)C)CC(C)O1. The summed E-state index contributed by atoms with van der Waals surface area (Å²) in [6, 6.07) is 0.226. The number of hydrogen-bond acceptors (Lipinski definition) is 4. The van der Waals surface area contributed by atoms with Gasteiger partial charge < -0.3 is 15.4 Å². The third-order valence-electron chi connectivity index (χ3n) is 4.38. The summed E-state index contributed by atoms with van der Waals surface area (Å²) >= 11 is 0. The summed E-state index contributed by atoms with van der Waals surface area (Å²) < 4.78 is 5.79. The Morgan fingerprint density at radius 3 is 2.48 bits per heavy atom. The van der Waals surface area contributed by atoms with Crippen molar-refractivity contribution in [3.05, 3.63) is 0 Å². The Morgan fingerprint density at radius 1 is 1.29 bits per heavy atom. The number of nitrogens with zero attached hydrogens (tertiary/aromatic N) is 1. The zero-order valence-electron chi connectivity index (χ0n) is 13.9. The maximum absolute atomic E-state index is 12.7. The monoisotopic (exact) mass is 297 g/mol. The van der Waals surface area contributed by atoms with Gasteiger partial charge in [0.05, 0.1) is 18.2 Å². The van der Waals surface area contributed by atoms with Gasteiger partial charge in [-0.3, -0.25) is 9.69 Å². The molecule has 0 saturated carbocycles. The molecule has 5 nitrogen and oxygen atoms in total. The van der Waals surface area contributed by atoms with Crippen molar-refractivity contribution in [1.29, 1.82) is 0 Å². The topological polar surface area (TPSA) is 53.6 Å². The van der Waals surface area contributed by atoms with Crippen molar-refractivity contribution in [3.63, 3.8) is 0 Å². The van der Waals surface area contributed by atoms with Crippen LogP contribution in [0.2, 0.25) is 0 Å². The van der Waals surface area contributed by atoms with Gasteiger partial charge in [0.1, 0.15) is 0 Å². The van der Waals surface area contributed by atoms with Crippen LogP contribution in [0.15, 0.2) is 0 Å². The van der Waals surface area contributed by atoms with E-state index in [2.05, 4.69) is 43.2 Å². The number of ether oxygens (including phenoxy) is 1. The van der Waals surface area contributed by atoms with Gasteiger partial charge >= 0.3 is 0 Å².